The molecule has 5 nitrogen and oxygen atoms in total. The Kier molecular flexibility index (Phi) is 15.3. The summed E-state index contributed by atoms with van der Waals surface area (Å²) in [7, 11) is 0. The fraction of sp³-hybridized carbons (Fsp3) is 0.538. The average Bonchev–Trinajstić information content (AvgIpc) is 2.86. The van der Waals surface area contributed by atoms with Crippen LogP contribution >= 0.6 is 0 Å². The van der Waals surface area contributed by atoms with Crippen LogP contribution in [-0.4, -0.2) is 61.5 Å². The molecule has 2 aromatic carbocycles. The molecule has 0 aliphatic carbocycles. The Morgan fingerprint density at radius 2 is 1.39 bits per heavy atom. The molecule has 0 amide bonds. The molecule has 1 heterocycles. The molecule has 2 aromatic rings. The van der Waals surface area contributed by atoms with Gasteiger partial charge in [0.25, 0.3) is 0 Å². The summed E-state index contributed by atoms with van der Waals surface area (Å²) in [4.78, 5) is 2.44. The minimum Gasteiger partial charge on any atom is -0.492 e. The molecular weight excluding hydrogens is 388 g/mol. The predicted molar refractivity (Wildman–Crippen MR) is 130 cm³/mol. The zero-order chi connectivity index (χ0) is 22.7. The second-order valence-corrected chi connectivity index (χ2v) is 6.96. The highest BCUT2D eigenvalue weighted by atomic mass is 16.5. The lowest BCUT2D eigenvalue weighted by atomic mass is 10.0. The molecule has 1 unspecified atom stereocenters. The van der Waals surface area contributed by atoms with Gasteiger partial charge in [0.05, 0.1) is 0 Å². The van der Waals surface area contributed by atoms with E-state index >= 15 is 0 Å². The van der Waals surface area contributed by atoms with E-state index in [0.717, 1.165) is 50.6 Å². The molecule has 1 saturated heterocycles. The Balaban J connectivity index is 0.00000113. The lowest BCUT2D eigenvalue weighted by Crippen LogP contribution is -2.46. The molecule has 1 aliphatic heterocycles. The summed E-state index contributed by atoms with van der Waals surface area (Å²) in [5, 5.41) is 13.6. The number of hydrogen-bond donors (Lipinski definition) is 2. The summed E-state index contributed by atoms with van der Waals surface area (Å²) in [6.45, 7) is 12.7. The molecule has 1 atom stereocenters. The first kappa shape index (κ1) is 27.0. The molecule has 1 fully saturated rings. The van der Waals surface area contributed by atoms with Crippen LogP contribution < -0.4 is 14.8 Å². The van der Waals surface area contributed by atoms with E-state index in [1.165, 1.54) is 0 Å². The van der Waals surface area contributed by atoms with Crippen LogP contribution in [0.4, 0.5) is 0 Å². The summed E-state index contributed by atoms with van der Waals surface area (Å²) in [5.74, 6) is 1.73. The van der Waals surface area contributed by atoms with Crippen LogP contribution in [0.2, 0.25) is 0 Å². The molecule has 2 N–H and O–H groups in total. The van der Waals surface area contributed by atoms with Gasteiger partial charge in [-0.05, 0) is 50.2 Å². The number of nitrogens with zero attached hydrogens (tertiary/aromatic N) is 1. The van der Waals surface area contributed by atoms with E-state index in [4.69, 9.17) is 9.47 Å². The Morgan fingerprint density at radius 3 is 1.94 bits per heavy atom. The molecule has 5 heteroatoms. The van der Waals surface area contributed by atoms with Crippen molar-refractivity contribution in [1.82, 2.24) is 10.2 Å². The minimum absolute atomic E-state index is 0.312. The third-order valence-corrected chi connectivity index (χ3v) is 4.83. The Hall–Kier alpha value is -2.08. The lowest BCUT2D eigenvalue weighted by molar-refractivity contribution is 0.0972. The number of aliphatic hydroxyl groups excluding tert-OH is 1. The number of rotatable bonds is 10. The van der Waals surface area contributed by atoms with Crippen LogP contribution in [0.5, 0.6) is 11.5 Å². The fourth-order valence-electron chi connectivity index (χ4n) is 3.24. The van der Waals surface area contributed by atoms with Gasteiger partial charge in [-0.2, -0.15) is 0 Å². The first-order valence-electron chi connectivity index (χ1n) is 11.8. The topological polar surface area (TPSA) is 54.0 Å². The van der Waals surface area contributed by atoms with Gasteiger partial charge in [-0.25, -0.2) is 0 Å². The number of aliphatic hydroxyl groups is 1. The number of piperidine rings is 1. The van der Waals surface area contributed by atoms with Crippen LogP contribution in [0.3, 0.4) is 0 Å². The largest absolute Gasteiger partial charge is 0.492 e. The third kappa shape index (κ3) is 11.8. The summed E-state index contributed by atoms with van der Waals surface area (Å²) in [6, 6.07) is 20.0. The van der Waals surface area contributed by atoms with Gasteiger partial charge < -0.3 is 19.9 Å². The van der Waals surface area contributed by atoms with E-state index in [1.807, 2.05) is 88.4 Å². The van der Waals surface area contributed by atoms with Crippen molar-refractivity contribution in [3.05, 3.63) is 60.7 Å². The highest BCUT2D eigenvalue weighted by molar-refractivity contribution is 5.21. The Morgan fingerprint density at radius 1 is 0.871 bits per heavy atom. The van der Waals surface area contributed by atoms with E-state index in [1.54, 1.807) is 0 Å². The standard InChI is InChI=1S/C22H30N2O3.2C2H6/c25-20(18-27-22-9-5-2-6-10-22)17-23-19-11-13-24(14-12-19)15-16-26-21-7-3-1-4-8-21;2*1-2/h1-10,19-20,23,25H,11-18H2;2*1-2H3. The molecule has 0 spiro atoms. The van der Waals surface area contributed by atoms with Crippen LogP contribution in [0.15, 0.2) is 60.7 Å². The maximum atomic E-state index is 10.1. The van der Waals surface area contributed by atoms with E-state index in [0.29, 0.717) is 19.2 Å². The van der Waals surface area contributed by atoms with Crippen molar-refractivity contribution in [3.8, 4) is 11.5 Å². The Bertz CT molecular complexity index is 632. The SMILES string of the molecule is CC.CC.OC(CNC1CCN(CCOc2ccccc2)CC1)COc1ccccc1. The van der Waals surface area contributed by atoms with Gasteiger partial charge in [-0.3, -0.25) is 4.90 Å². The van der Waals surface area contributed by atoms with Gasteiger partial charge >= 0.3 is 0 Å². The van der Waals surface area contributed by atoms with Gasteiger partial charge in [-0.1, -0.05) is 64.1 Å². The van der Waals surface area contributed by atoms with Gasteiger partial charge in [0.15, 0.2) is 0 Å². The summed E-state index contributed by atoms with van der Waals surface area (Å²) < 4.78 is 11.4. The van der Waals surface area contributed by atoms with Gasteiger partial charge in [0.1, 0.15) is 30.8 Å². The first-order chi connectivity index (χ1) is 15.3. The zero-order valence-corrected chi connectivity index (χ0v) is 19.8. The van der Waals surface area contributed by atoms with E-state index in [2.05, 4.69) is 10.2 Å². The normalized spacial score (nSPS) is 15.0. The number of ether oxygens (including phenoxy) is 2. The van der Waals surface area contributed by atoms with Crippen LogP contribution in [0.25, 0.3) is 0 Å². The van der Waals surface area contributed by atoms with Crippen molar-refractivity contribution in [2.24, 2.45) is 0 Å². The van der Waals surface area contributed by atoms with Crippen LogP contribution in [-0.2, 0) is 0 Å². The molecule has 0 radical (unpaired) electrons. The van der Waals surface area contributed by atoms with Crippen molar-refractivity contribution in [1.29, 1.82) is 0 Å². The van der Waals surface area contributed by atoms with Crippen molar-refractivity contribution < 1.29 is 14.6 Å². The van der Waals surface area contributed by atoms with Gasteiger partial charge in [-0.15, -0.1) is 0 Å². The summed E-state index contributed by atoms with van der Waals surface area (Å²) in [6.07, 6.45) is 1.69. The van der Waals surface area contributed by atoms with Crippen molar-refractivity contribution >= 4 is 0 Å². The second kappa shape index (κ2) is 17.6. The highest BCUT2D eigenvalue weighted by Gasteiger charge is 2.19. The average molecular weight is 431 g/mol. The minimum atomic E-state index is -0.498. The molecule has 0 aromatic heterocycles. The maximum absolute atomic E-state index is 10.1. The van der Waals surface area contributed by atoms with Crippen molar-refractivity contribution in [2.75, 3.05) is 39.4 Å². The number of para-hydroxylation sites is 2. The molecule has 31 heavy (non-hydrogen) atoms. The molecule has 1 aliphatic rings. The number of hydrogen-bond acceptors (Lipinski definition) is 5. The smallest absolute Gasteiger partial charge is 0.119 e. The number of likely N-dealkylation sites (tertiary alicyclic amines) is 1. The van der Waals surface area contributed by atoms with E-state index in [-0.39, 0.29) is 0 Å². The molecule has 174 valence electrons. The zero-order valence-electron chi connectivity index (χ0n) is 19.8. The Labute approximate surface area is 189 Å². The van der Waals surface area contributed by atoms with Crippen LogP contribution in [0.1, 0.15) is 40.5 Å². The number of nitrogens with one attached hydrogen (secondary N) is 1. The summed E-state index contributed by atoms with van der Waals surface area (Å²) >= 11 is 0. The second-order valence-electron chi connectivity index (χ2n) is 6.96. The lowest BCUT2D eigenvalue weighted by Gasteiger charge is -2.32. The van der Waals surface area contributed by atoms with E-state index in [9.17, 15) is 5.11 Å². The fourth-order valence-corrected chi connectivity index (χ4v) is 3.24. The summed E-state index contributed by atoms with van der Waals surface area (Å²) in [5.41, 5.74) is 0. The molecule has 0 saturated carbocycles. The van der Waals surface area contributed by atoms with Crippen molar-refractivity contribution in [2.45, 2.75) is 52.7 Å². The van der Waals surface area contributed by atoms with Crippen molar-refractivity contribution in [3.63, 3.8) is 0 Å². The molecule has 3 rings (SSSR count). The van der Waals surface area contributed by atoms with Gasteiger partial charge in [0, 0.05) is 19.1 Å². The predicted octanol–water partition coefficient (Wildman–Crippen LogP) is 4.61. The number of benzene rings is 2. The molecule has 0 bridgehead atoms. The van der Waals surface area contributed by atoms with Gasteiger partial charge in [0.2, 0.25) is 0 Å². The highest BCUT2D eigenvalue weighted by Crippen LogP contribution is 2.12. The monoisotopic (exact) mass is 430 g/mol. The third-order valence-electron chi connectivity index (χ3n) is 4.83. The van der Waals surface area contributed by atoms with Crippen LogP contribution in [0, 0.1) is 0 Å². The first-order valence-corrected chi connectivity index (χ1v) is 11.8. The van der Waals surface area contributed by atoms with E-state index < -0.39 is 6.10 Å². The maximum Gasteiger partial charge on any atom is 0.119 e. The quantitative estimate of drug-likeness (QED) is 0.576. The molecular formula is C26H42N2O3.